The Morgan fingerprint density at radius 2 is 2.16 bits per heavy atom. The van der Waals surface area contributed by atoms with Gasteiger partial charge in [-0.1, -0.05) is 15.9 Å². The lowest BCUT2D eigenvalue weighted by atomic mass is 9.74. The predicted octanol–water partition coefficient (Wildman–Crippen LogP) is 3.27. The highest BCUT2D eigenvalue weighted by atomic mass is 79.9. The second kappa shape index (κ2) is 5.15. The van der Waals surface area contributed by atoms with Crippen molar-refractivity contribution in [3.63, 3.8) is 0 Å². The van der Waals surface area contributed by atoms with Crippen LogP contribution in [0.15, 0.2) is 22.7 Å². The number of benzene rings is 1. The van der Waals surface area contributed by atoms with Gasteiger partial charge in [0.05, 0.1) is 6.10 Å². The smallest absolute Gasteiger partial charge is 0.124 e. The highest BCUT2D eigenvalue weighted by molar-refractivity contribution is 9.10. The highest BCUT2D eigenvalue weighted by Crippen LogP contribution is 2.49. The molecule has 2 atom stereocenters. The van der Waals surface area contributed by atoms with Crippen LogP contribution in [0.25, 0.3) is 0 Å². The average Bonchev–Trinajstić information content (AvgIpc) is 3.10. The fourth-order valence-corrected chi connectivity index (χ4v) is 3.85. The van der Waals surface area contributed by atoms with Crippen molar-refractivity contribution in [2.45, 2.75) is 31.8 Å². The normalized spacial score (nSPS) is 30.8. The zero-order valence-electron chi connectivity index (χ0n) is 10.9. The van der Waals surface area contributed by atoms with Crippen molar-refractivity contribution in [3.8, 4) is 0 Å². The largest absolute Gasteiger partial charge is 0.377 e. The molecule has 4 heteroatoms. The van der Waals surface area contributed by atoms with Crippen LogP contribution in [0.3, 0.4) is 0 Å². The standard InChI is InChI=1S/C15H19BrFNO/c16-12-5-10(6-13(17)7-12)8-15(9-18)3-4-19-14(15)11-1-2-11/h5-7,11,14H,1-4,8-9,18H2. The summed E-state index contributed by atoms with van der Waals surface area (Å²) >= 11 is 3.36. The fraction of sp³-hybridized carbons (Fsp3) is 0.600. The molecule has 0 aromatic heterocycles. The lowest BCUT2D eigenvalue weighted by Gasteiger charge is -2.33. The average molecular weight is 328 g/mol. The zero-order valence-corrected chi connectivity index (χ0v) is 12.5. The van der Waals surface area contributed by atoms with E-state index in [2.05, 4.69) is 15.9 Å². The maximum Gasteiger partial charge on any atom is 0.124 e. The van der Waals surface area contributed by atoms with Gasteiger partial charge in [0.2, 0.25) is 0 Å². The van der Waals surface area contributed by atoms with Crippen LogP contribution in [0, 0.1) is 17.2 Å². The van der Waals surface area contributed by atoms with Gasteiger partial charge in [-0.05, 0) is 55.4 Å². The quantitative estimate of drug-likeness (QED) is 0.921. The Bertz CT molecular complexity index is 457. The zero-order chi connectivity index (χ0) is 13.5. The number of ether oxygens (including phenoxy) is 1. The molecular formula is C15H19BrFNO. The van der Waals surface area contributed by atoms with Gasteiger partial charge < -0.3 is 10.5 Å². The van der Waals surface area contributed by atoms with Gasteiger partial charge >= 0.3 is 0 Å². The molecule has 2 aliphatic rings. The van der Waals surface area contributed by atoms with Crippen molar-refractivity contribution in [1.29, 1.82) is 0 Å². The Morgan fingerprint density at radius 3 is 2.79 bits per heavy atom. The van der Waals surface area contributed by atoms with E-state index in [9.17, 15) is 4.39 Å². The van der Waals surface area contributed by atoms with Crippen molar-refractivity contribution in [3.05, 3.63) is 34.1 Å². The van der Waals surface area contributed by atoms with Crippen LogP contribution in [0.1, 0.15) is 24.8 Å². The van der Waals surface area contributed by atoms with Crippen molar-refractivity contribution in [2.24, 2.45) is 17.1 Å². The third-order valence-corrected chi connectivity index (χ3v) is 4.89. The Morgan fingerprint density at radius 1 is 1.37 bits per heavy atom. The first-order chi connectivity index (χ1) is 9.13. The molecule has 19 heavy (non-hydrogen) atoms. The minimum Gasteiger partial charge on any atom is -0.377 e. The number of rotatable bonds is 4. The molecule has 2 N–H and O–H groups in total. The van der Waals surface area contributed by atoms with Crippen molar-refractivity contribution >= 4 is 15.9 Å². The molecule has 1 aromatic carbocycles. The molecule has 1 aromatic rings. The Hall–Kier alpha value is -0.450. The molecule has 1 aliphatic carbocycles. The van der Waals surface area contributed by atoms with Crippen LogP contribution in [0.5, 0.6) is 0 Å². The summed E-state index contributed by atoms with van der Waals surface area (Å²) in [6, 6.07) is 5.09. The predicted molar refractivity (Wildman–Crippen MR) is 76.4 cm³/mol. The van der Waals surface area contributed by atoms with Gasteiger partial charge in [-0.2, -0.15) is 0 Å². The van der Waals surface area contributed by atoms with E-state index in [0.717, 1.165) is 29.5 Å². The van der Waals surface area contributed by atoms with E-state index in [4.69, 9.17) is 10.5 Å². The van der Waals surface area contributed by atoms with Crippen molar-refractivity contribution in [1.82, 2.24) is 0 Å². The van der Waals surface area contributed by atoms with E-state index in [1.165, 1.54) is 18.9 Å². The second-order valence-corrected chi connectivity index (χ2v) is 6.82. The summed E-state index contributed by atoms with van der Waals surface area (Å²) in [6.45, 7) is 1.40. The Balaban J connectivity index is 1.85. The fourth-order valence-electron chi connectivity index (χ4n) is 3.34. The van der Waals surface area contributed by atoms with Gasteiger partial charge in [0.25, 0.3) is 0 Å². The van der Waals surface area contributed by atoms with Crippen LogP contribution < -0.4 is 5.73 Å². The van der Waals surface area contributed by atoms with E-state index in [0.29, 0.717) is 12.5 Å². The lowest BCUT2D eigenvalue weighted by Crippen LogP contribution is -2.41. The Labute approximate surface area is 121 Å². The third-order valence-electron chi connectivity index (χ3n) is 4.44. The van der Waals surface area contributed by atoms with E-state index in [1.807, 2.05) is 6.07 Å². The van der Waals surface area contributed by atoms with Crippen molar-refractivity contribution in [2.75, 3.05) is 13.2 Å². The molecule has 2 unspecified atom stereocenters. The molecule has 0 radical (unpaired) electrons. The van der Waals surface area contributed by atoms with Crippen LogP contribution in [-0.4, -0.2) is 19.3 Å². The van der Waals surface area contributed by atoms with Gasteiger partial charge in [0.1, 0.15) is 5.82 Å². The van der Waals surface area contributed by atoms with Crippen LogP contribution in [0.4, 0.5) is 4.39 Å². The molecule has 1 aliphatic heterocycles. The first-order valence-corrected chi connectivity index (χ1v) is 7.69. The first kappa shape index (κ1) is 13.5. The molecule has 2 nitrogen and oxygen atoms in total. The van der Waals surface area contributed by atoms with Crippen molar-refractivity contribution < 1.29 is 9.13 Å². The summed E-state index contributed by atoms with van der Waals surface area (Å²) in [7, 11) is 0. The maximum absolute atomic E-state index is 13.5. The summed E-state index contributed by atoms with van der Waals surface area (Å²) in [4.78, 5) is 0. The highest BCUT2D eigenvalue weighted by Gasteiger charge is 2.50. The third kappa shape index (κ3) is 2.71. The SMILES string of the molecule is NCC1(Cc2cc(F)cc(Br)c2)CCOC1C1CC1. The summed E-state index contributed by atoms with van der Waals surface area (Å²) in [5.74, 6) is 0.474. The topological polar surface area (TPSA) is 35.2 Å². The molecule has 1 heterocycles. The van der Waals surface area contributed by atoms with Gasteiger partial charge in [-0.3, -0.25) is 0 Å². The van der Waals surface area contributed by atoms with Gasteiger partial charge in [-0.15, -0.1) is 0 Å². The first-order valence-electron chi connectivity index (χ1n) is 6.90. The number of hydrogen-bond acceptors (Lipinski definition) is 2. The van der Waals surface area contributed by atoms with Crippen LogP contribution in [0.2, 0.25) is 0 Å². The van der Waals surface area contributed by atoms with E-state index < -0.39 is 0 Å². The van der Waals surface area contributed by atoms with Gasteiger partial charge in [0.15, 0.2) is 0 Å². The van der Waals surface area contributed by atoms with Crippen LogP contribution in [-0.2, 0) is 11.2 Å². The molecule has 3 rings (SSSR count). The molecule has 104 valence electrons. The van der Waals surface area contributed by atoms with Crippen LogP contribution >= 0.6 is 15.9 Å². The number of hydrogen-bond donors (Lipinski definition) is 1. The summed E-state index contributed by atoms with van der Waals surface area (Å²) in [5.41, 5.74) is 7.07. The number of nitrogens with two attached hydrogens (primary N) is 1. The molecular weight excluding hydrogens is 309 g/mol. The lowest BCUT2D eigenvalue weighted by molar-refractivity contribution is 0.0344. The second-order valence-electron chi connectivity index (χ2n) is 5.90. The van der Waals surface area contributed by atoms with E-state index in [1.54, 1.807) is 6.07 Å². The number of halogens is 2. The molecule has 0 spiro atoms. The van der Waals surface area contributed by atoms with Gasteiger partial charge in [0, 0.05) is 23.0 Å². The molecule has 1 saturated carbocycles. The summed E-state index contributed by atoms with van der Waals surface area (Å²) in [6.07, 6.45) is 4.55. The molecule has 0 amide bonds. The molecule has 2 fully saturated rings. The minimum absolute atomic E-state index is 0.00556. The summed E-state index contributed by atoms with van der Waals surface area (Å²) in [5, 5.41) is 0. The van der Waals surface area contributed by atoms with E-state index >= 15 is 0 Å². The van der Waals surface area contributed by atoms with E-state index in [-0.39, 0.29) is 17.3 Å². The minimum atomic E-state index is -0.196. The Kier molecular flexibility index (Phi) is 3.67. The summed E-state index contributed by atoms with van der Waals surface area (Å²) < 4.78 is 20.2. The molecule has 0 bridgehead atoms. The maximum atomic E-state index is 13.5. The molecule has 1 saturated heterocycles. The van der Waals surface area contributed by atoms with Gasteiger partial charge in [-0.25, -0.2) is 4.39 Å². The monoisotopic (exact) mass is 327 g/mol.